The number of halogens is 3. The first-order valence-electron chi connectivity index (χ1n) is 7.28. The molecule has 1 aromatic heterocycles. The van der Waals surface area contributed by atoms with Crippen molar-refractivity contribution in [2.75, 3.05) is 12.4 Å². The zero-order chi connectivity index (χ0) is 15.9. The molecule has 2 aliphatic rings. The van der Waals surface area contributed by atoms with E-state index in [0.29, 0.717) is 5.84 Å². The zero-order valence-corrected chi connectivity index (χ0v) is 12.2. The first-order chi connectivity index (χ1) is 10.4. The number of aliphatic imine (C=N–C) groups is 1. The Bertz CT molecular complexity index is 572. The third-order valence-corrected chi connectivity index (χ3v) is 4.13. The van der Waals surface area contributed by atoms with Gasteiger partial charge in [0.15, 0.2) is 0 Å². The highest BCUT2D eigenvalue weighted by molar-refractivity contribution is 5.86. The van der Waals surface area contributed by atoms with Crippen LogP contribution in [0.3, 0.4) is 0 Å². The molecular weight excluding hydrogens is 297 g/mol. The smallest absolute Gasteiger partial charge is 0.255 e. The third kappa shape index (κ3) is 2.90. The van der Waals surface area contributed by atoms with Crippen LogP contribution in [0.15, 0.2) is 11.2 Å². The van der Waals surface area contributed by atoms with E-state index in [1.165, 1.54) is 4.68 Å². The molecule has 0 spiro atoms. The van der Waals surface area contributed by atoms with Gasteiger partial charge in [0.25, 0.3) is 11.9 Å². The van der Waals surface area contributed by atoms with E-state index in [1.54, 1.807) is 13.2 Å². The van der Waals surface area contributed by atoms with E-state index < -0.39 is 17.9 Å². The molecule has 0 bridgehead atoms. The molecule has 1 heterocycles. The highest BCUT2D eigenvalue weighted by Gasteiger charge is 2.46. The number of nitrogens with zero attached hydrogens (tertiary/aromatic N) is 3. The molecule has 22 heavy (non-hydrogen) atoms. The molecule has 2 fully saturated rings. The van der Waals surface area contributed by atoms with Gasteiger partial charge in [0, 0.05) is 19.9 Å². The van der Waals surface area contributed by atoms with Crippen molar-refractivity contribution >= 4 is 11.5 Å². The maximum absolute atomic E-state index is 13.7. The van der Waals surface area contributed by atoms with Gasteiger partial charge in [-0.1, -0.05) is 0 Å². The van der Waals surface area contributed by atoms with Crippen molar-refractivity contribution in [3.8, 4) is 0 Å². The Morgan fingerprint density at radius 2 is 2.18 bits per heavy atom. The minimum atomic E-state index is -2.64. The summed E-state index contributed by atoms with van der Waals surface area (Å²) in [7, 11) is 1.60. The molecule has 2 aliphatic carbocycles. The van der Waals surface area contributed by atoms with Crippen LogP contribution >= 0.6 is 0 Å². The van der Waals surface area contributed by atoms with E-state index in [-0.39, 0.29) is 30.5 Å². The molecule has 122 valence electrons. The lowest BCUT2D eigenvalue weighted by molar-refractivity contribution is -0.0835. The van der Waals surface area contributed by atoms with E-state index in [2.05, 4.69) is 20.8 Å². The maximum Gasteiger partial charge on any atom is 0.255 e. The van der Waals surface area contributed by atoms with Gasteiger partial charge in [-0.15, -0.1) is 5.10 Å². The van der Waals surface area contributed by atoms with E-state index in [4.69, 9.17) is 5.84 Å². The fraction of sp³-hybridized carbons (Fsp3) is 0.692. The number of hydrogen-bond acceptors (Lipinski definition) is 4. The van der Waals surface area contributed by atoms with Crippen LogP contribution in [0.25, 0.3) is 0 Å². The topological polar surface area (TPSA) is 80.3 Å². The average Bonchev–Trinajstić information content (AvgIpc) is 3.19. The number of hydrazine groups is 1. The van der Waals surface area contributed by atoms with Crippen LogP contribution in [0.1, 0.15) is 31.7 Å². The number of nitrogens with two attached hydrogens (primary N) is 1. The maximum atomic E-state index is 13.7. The predicted molar refractivity (Wildman–Crippen MR) is 76.2 cm³/mol. The number of amidine groups is 1. The van der Waals surface area contributed by atoms with Crippen LogP contribution in [0.4, 0.5) is 18.9 Å². The van der Waals surface area contributed by atoms with Crippen LogP contribution in [0.5, 0.6) is 0 Å². The fourth-order valence-corrected chi connectivity index (χ4v) is 2.77. The molecule has 4 N–H and O–H groups in total. The molecular formula is C13H19F3N6. The van der Waals surface area contributed by atoms with E-state index in [1.807, 2.05) is 0 Å². The van der Waals surface area contributed by atoms with Gasteiger partial charge in [-0.25, -0.2) is 14.6 Å². The molecule has 3 rings (SSSR count). The molecule has 1 atom stereocenters. The van der Waals surface area contributed by atoms with Crippen molar-refractivity contribution in [2.45, 2.75) is 43.7 Å². The Labute approximate surface area is 125 Å². The Kier molecular flexibility index (Phi) is 3.75. The number of aromatic nitrogens is 2. The van der Waals surface area contributed by atoms with Crippen LogP contribution in [0, 0.1) is 11.9 Å². The molecule has 0 aromatic carbocycles. The summed E-state index contributed by atoms with van der Waals surface area (Å²) in [6.45, 7) is 0. The molecule has 6 nitrogen and oxygen atoms in total. The highest BCUT2D eigenvalue weighted by Crippen LogP contribution is 2.43. The van der Waals surface area contributed by atoms with Gasteiger partial charge < -0.3 is 10.7 Å². The summed E-state index contributed by atoms with van der Waals surface area (Å²) in [4.78, 5) is 4.30. The molecule has 2 saturated carbocycles. The molecule has 1 aromatic rings. The van der Waals surface area contributed by atoms with Gasteiger partial charge in [0.1, 0.15) is 17.6 Å². The van der Waals surface area contributed by atoms with Gasteiger partial charge in [-0.2, -0.15) is 4.39 Å². The van der Waals surface area contributed by atoms with E-state index in [0.717, 1.165) is 12.8 Å². The zero-order valence-electron chi connectivity index (χ0n) is 12.2. The normalized spacial score (nSPS) is 23.0. The number of hydrogen-bond donors (Lipinski definition) is 3. The fourth-order valence-electron chi connectivity index (χ4n) is 2.77. The number of rotatable bonds is 5. The summed E-state index contributed by atoms with van der Waals surface area (Å²) >= 11 is 0. The van der Waals surface area contributed by atoms with Gasteiger partial charge in [0.2, 0.25) is 0 Å². The molecule has 9 heteroatoms. The van der Waals surface area contributed by atoms with Crippen molar-refractivity contribution in [3.63, 3.8) is 0 Å². The second-order valence-corrected chi connectivity index (χ2v) is 5.92. The summed E-state index contributed by atoms with van der Waals surface area (Å²) in [5, 5.41) is 6.57. The second kappa shape index (κ2) is 5.45. The molecule has 1 unspecified atom stereocenters. The Morgan fingerprint density at radius 1 is 1.50 bits per heavy atom. The number of alkyl halides is 2. The Balaban J connectivity index is 1.84. The number of anilines is 1. The standard InChI is InChI=1S/C13H19F3N6/c1-18-9-6-22(21-11(9)14)10(7-2-3-7)12(20-17)19-8-4-13(15,16)5-8/h6-8,10,18H,2-5,17H2,1H3,(H,19,20). The SMILES string of the molecule is CNc1cn(C(C(=NC2CC(F)(F)C2)NN)C2CC2)nc1F. The number of nitrogens with one attached hydrogen (secondary N) is 2. The Morgan fingerprint density at radius 3 is 2.64 bits per heavy atom. The predicted octanol–water partition coefficient (Wildman–Crippen LogP) is 1.67. The molecule has 0 radical (unpaired) electrons. The van der Waals surface area contributed by atoms with Gasteiger partial charge in [-0.3, -0.25) is 9.67 Å². The average molecular weight is 316 g/mol. The third-order valence-electron chi connectivity index (χ3n) is 4.13. The van der Waals surface area contributed by atoms with Gasteiger partial charge in [0.05, 0.1) is 12.2 Å². The highest BCUT2D eigenvalue weighted by atomic mass is 19.3. The summed E-state index contributed by atoms with van der Waals surface area (Å²) in [5.74, 6) is 2.90. The minimum Gasteiger partial charge on any atom is -0.383 e. The lowest BCUT2D eigenvalue weighted by Gasteiger charge is -2.33. The van der Waals surface area contributed by atoms with Crippen molar-refractivity contribution in [3.05, 3.63) is 12.1 Å². The van der Waals surface area contributed by atoms with Gasteiger partial charge in [-0.05, 0) is 18.8 Å². The molecule has 0 aliphatic heterocycles. The summed E-state index contributed by atoms with van der Waals surface area (Å²) in [6, 6.07) is -0.803. The molecule has 0 saturated heterocycles. The van der Waals surface area contributed by atoms with Crippen LogP contribution in [-0.4, -0.2) is 34.6 Å². The van der Waals surface area contributed by atoms with Crippen LogP contribution < -0.4 is 16.6 Å². The minimum absolute atomic E-state index is 0.236. The van der Waals surface area contributed by atoms with Crippen molar-refractivity contribution < 1.29 is 13.2 Å². The largest absolute Gasteiger partial charge is 0.383 e. The first kappa shape index (κ1) is 15.1. The van der Waals surface area contributed by atoms with Crippen molar-refractivity contribution in [2.24, 2.45) is 16.8 Å². The van der Waals surface area contributed by atoms with Crippen molar-refractivity contribution in [1.29, 1.82) is 0 Å². The van der Waals surface area contributed by atoms with Crippen molar-refractivity contribution in [1.82, 2.24) is 15.2 Å². The summed E-state index contributed by atoms with van der Waals surface area (Å²) in [5.41, 5.74) is 2.77. The lowest BCUT2D eigenvalue weighted by Crippen LogP contribution is -2.44. The van der Waals surface area contributed by atoms with E-state index >= 15 is 0 Å². The Hall–Kier alpha value is -1.77. The monoisotopic (exact) mass is 316 g/mol. The van der Waals surface area contributed by atoms with E-state index in [9.17, 15) is 13.2 Å². The van der Waals surface area contributed by atoms with Crippen LogP contribution in [0.2, 0.25) is 0 Å². The first-order valence-corrected chi connectivity index (χ1v) is 7.28. The second-order valence-electron chi connectivity index (χ2n) is 5.92. The van der Waals surface area contributed by atoms with Crippen LogP contribution in [-0.2, 0) is 0 Å². The lowest BCUT2D eigenvalue weighted by atomic mass is 9.88. The quantitative estimate of drug-likeness (QED) is 0.334. The molecule has 0 amide bonds. The van der Waals surface area contributed by atoms with Gasteiger partial charge >= 0.3 is 0 Å². The summed E-state index contributed by atoms with van der Waals surface area (Å²) in [6.07, 6.45) is 2.89. The summed E-state index contributed by atoms with van der Waals surface area (Å²) < 4.78 is 41.0.